The molecule has 2 aromatic carbocycles. The van der Waals surface area contributed by atoms with Crippen molar-refractivity contribution in [3.63, 3.8) is 0 Å². The summed E-state index contributed by atoms with van der Waals surface area (Å²) in [6.45, 7) is 0. The molecule has 0 heterocycles. The summed E-state index contributed by atoms with van der Waals surface area (Å²) in [7, 11) is -3.24. The second-order valence-electron chi connectivity index (χ2n) is 5.08. The van der Waals surface area contributed by atoms with Gasteiger partial charge in [0.25, 0.3) is 0 Å². The Hall–Kier alpha value is -1.56. The molecule has 0 aliphatic rings. The highest BCUT2D eigenvalue weighted by atomic mass is 35.5. The zero-order valence-electron chi connectivity index (χ0n) is 12.3. The van der Waals surface area contributed by atoms with Gasteiger partial charge in [-0.1, -0.05) is 29.3 Å². The van der Waals surface area contributed by atoms with E-state index in [-0.39, 0.29) is 17.2 Å². The Bertz CT molecular complexity index is 818. The highest BCUT2D eigenvalue weighted by Crippen LogP contribution is 2.22. The molecule has 0 aliphatic carbocycles. The minimum absolute atomic E-state index is 0.178. The second kappa shape index (κ2) is 7.34. The Kier molecular flexibility index (Phi) is 5.68. The first-order valence-corrected chi connectivity index (χ1v) is 9.44. The zero-order chi connectivity index (χ0) is 17.0. The van der Waals surface area contributed by atoms with Gasteiger partial charge in [-0.3, -0.25) is 4.79 Å². The molecule has 0 atom stereocenters. The van der Waals surface area contributed by atoms with Gasteiger partial charge < -0.3 is 5.32 Å². The van der Waals surface area contributed by atoms with Crippen molar-refractivity contribution < 1.29 is 13.2 Å². The summed E-state index contributed by atoms with van der Waals surface area (Å²) in [6, 6.07) is 11.2. The standard InChI is InChI=1S/C16H15Cl2NO3S/c1-23(21,22)14-7-5-13(6-8-14)19-16(20)9-3-11-2-4-12(17)10-15(11)18/h2,4-8,10H,3,9H2,1H3,(H,19,20). The predicted octanol–water partition coefficient (Wildman–Crippen LogP) is 3.97. The molecule has 0 bridgehead atoms. The van der Waals surface area contributed by atoms with Crippen LogP contribution in [0.2, 0.25) is 10.0 Å². The first-order valence-electron chi connectivity index (χ1n) is 6.79. The van der Waals surface area contributed by atoms with Crippen LogP contribution in [-0.2, 0) is 21.1 Å². The van der Waals surface area contributed by atoms with E-state index in [9.17, 15) is 13.2 Å². The Morgan fingerprint density at radius 2 is 1.74 bits per heavy atom. The molecule has 2 aromatic rings. The van der Waals surface area contributed by atoms with E-state index in [0.29, 0.717) is 22.2 Å². The van der Waals surface area contributed by atoms with E-state index in [1.165, 1.54) is 12.1 Å². The van der Waals surface area contributed by atoms with E-state index >= 15 is 0 Å². The van der Waals surface area contributed by atoms with E-state index < -0.39 is 9.84 Å². The molecule has 7 heteroatoms. The number of hydrogen-bond acceptors (Lipinski definition) is 3. The van der Waals surface area contributed by atoms with Gasteiger partial charge in [0.1, 0.15) is 0 Å². The molecule has 2 rings (SSSR count). The largest absolute Gasteiger partial charge is 0.326 e. The van der Waals surface area contributed by atoms with E-state index in [0.717, 1.165) is 11.8 Å². The van der Waals surface area contributed by atoms with Crippen LogP contribution in [0.5, 0.6) is 0 Å². The first kappa shape index (κ1) is 17.8. The van der Waals surface area contributed by atoms with Crippen LogP contribution in [-0.4, -0.2) is 20.6 Å². The lowest BCUT2D eigenvalue weighted by molar-refractivity contribution is -0.116. The molecule has 0 fully saturated rings. The maximum atomic E-state index is 11.9. The number of carbonyl (C=O) groups is 1. The maximum absolute atomic E-state index is 11.9. The van der Waals surface area contributed by atoms with Gasteiger partial charge in [0.15, 0.2) is 9.84 Å². The SMILES string of the molecule is CS(=O)(=O)c1ccc(NC(=O)CCc2ccc(Cl)cc2Cl)cc1. The van der Waals surface area contributed by atoms with E-state index in [2.05, 4.69) is 5.32 Å². The average Bonchev–Trinajstić information content (AvgIpc) is 2.46. The molecule has 0 aromatic heterocycles. The number of rotatable bonds is 5. The molecule has 0 spiro atoms. The third kappa shape index (κ3) is 5.23. The van der Waals surface area contributed by atoms with Crippen molar-refractivity contribution in [3.8, 4) is 0 Å². The van der Waals surface area contributed by atoms with Gasteiger partial charge in [0, 0.05) is 28.4 Å². The quantitative estimate of drug-likeness (QED) is 0.864. The third-order valence-corrected chi connectivity index (χ3v) is 4.92. The van der Waals surface area contributed by atoms with Crippen LogP contribution in [0.15, 0.2) is 47.4 Å². The van der Waals surface area contributed by atoms with Gasteiger partial charge in [-0.2, -0.15) is 0 Å². The van der Waals surface area contributed by atoms with Crippen LogP contribution in [0.1, 0.15) is 12.0 Å². The summed E-state index contributed by atoms with van der Waals surface area (Å²) >= 11 is 11.9. The minimum Gasteiger partial charge on any atom is -0.326 e. The van der Waals surface area contributed by atoms with Crippen LogP contribution >= 0.6 is 23.2 Å². The van der Waals surface area contributed by atoms with Gasteiger partial charge in [-0.05, 0) is 48.4 Å². The minimum atomic E-state index is -3.24. The smallest absolute Gasteiger partial charge is 0.224 e. The Labute approximate surface area is 145 Å². The molecular formula is C16H15Cl2NO3S. The summed E-state index contributed by atoms with van der Waals surface area (Å²) in [5.74, 6) is -0.178. The van der Waals surface area contributed by atoms with Crippen molar-refractivity contribution >= 4 is 44.6 Å². The molecule has 0 unspecified atom stereocenters. The molecule has 1 N–H and O–H groups in total. The summed E-state index contributed by atoms with van der Waals surface area (Å²) in [5.41, 5.74) is 1.39. The van der Waals surface area contributed by atoms with Gasteiger partial charge >= 0.3 is 0 Å². The molecule has 0 radical (unpaired) electrons. The Morgan fingerprint density at radius 1 is 1.09 bits per heavy atom. The monoisotopic (exact) mass is 371 g/mol. The lowest BCUT2D eigenvalue weighted by Crippen LogP contribution is -2.12. The highest BCUT2D eigenvalue weighted by molar-refractivity contribution is 7.90. The molecular weight excluding hydrogens is 357 g/mol. The molecule has 122 valence electrons. The highest BCUT2D eigenvalue weighted by Gasteiger charge is 2.09. The Balaban J connectivity index is 1.94. The van der Waals surface area contributed by atoms with Gasteiger partial charge in [0.05, 0.1) is 4.90 Å². The molecule has 1 amide bonds. The topological polar surface area (TPSA) is 63.2 Å². The predicted molar refractivity (Wildman–Crippen MR) is 93.0 cm³/mol. The molecule has 23 heavy (non-hydrogen) atoms. The van der Waals surface area contributed by atoms with Crippen molar-refractivity contribution in [2.45, 2.75) is 17.7 Å². The number of halogens is 2. The molecule has 0 saturated heterocycles. The van der Waals surface area contributed by atoms with Crippen molar-refractivity contribution in [2.75, 3.05) is 11.6 Å². The normalized spacial score (nSPS) is 11.3. The number of anilines is 1. The summed E-state index contributed by atoms with van der Waals surface area (Å²) in [5, 5.41) is 3.80. The number of carbonyl (C=O) groups excluding carboxylic acids is 1. The number of hydrogen-bond donors (Lipinski definition) is 1. The lowest BCUT2D eigenvalue weighted by Gasteiger charge is -2.07. The van der Waals surface area contributed by atoms with Gasteiger partial charge in [-0.15, -0.1) is 0 Å². The molecule has 4 nitrogen and oxygen atoms in total. The van der Waals surface area contributed by atoms with Gasteiger partial charge in [-0.25, -0.2) is 8.42 Å². The van der Waals surface area contributed by atoms with E-state index in [4.69, 9.17) is 23.2 Å². The molecule has 0 saturated carbocycles. The summed E-state index contributed by atoms with van der Waals surface area (Å²) in [6.07, 6.45) is 1.88. The number of aryl methyl sites for hydroxylation is 1. The number of benzene rings is 2. The fourth-order valence-corrected chi connectivity index (χ4v) is 3.12. The van der Waals surface area contributed by atoms with Gasteiger partial charge in [0.2, 0.25) is 5.91 Å². The van der Waals surface area contributed by atoms with Crippen LogP contribution in [0.25, 0.3) is 0 Å². The van der Waals surface area contributed by atoms with Crippen LogP contribution < -0.4 is 5.32 Å². The number of amides is 1. The van der Waals surface area contributed by atoms with E-state index in [1.54, 1.807) is 30.3 Å². The van der Waals surface area contributed by atoms with E-state index in [1.807, 2.05) is 0 Å². The summed E-state index contributed by atoms with van der Waals surface area (Å²) in [4.78, 5) is 12.2. The fourth-order valence-electron chi connectivity index (χ4n) is 1.98. The Morgan fingerprint density at radius 3 is 2.30 bits per heavy atom. The van der Waals surface area contributed by atoms with Crippen LogP contribution in [0.3, 0.4) is 0 Å². The zero-order valence-corrected chi connectivity index (χ0v) is 14.7. The van der Waals surface area contributed by atoms with Crippen molar-refractivity contribution in [3.05, 3.63) is 58.1 Å². The average molecular weight is 372 g/mol. The summed E-state index contributed by atoms with van der Waals surface area (Å²) < 4.78 is 22.7. The second-order valence-corrected chi connectivity index (χ2v) is 7.94. The van der Waals surface area contributed by atoms with Crippen LogP contribution in [0.4, 0.5) is 5.69 Å². The maximum Gasteiger partial charge on any atom is 0.224 e. The molecule has 0 aliphatic heterocycles. The third-order valence-electron chi connectivity index (χ3n) is 3.20. The van der Waals surface area contributed by atoms with Crippen molar-refractivity contribution in [2.24, 2.45) is 0 Å². The van der Waals surface area contributed by atoms with Crippen molar-refractivity contribution in [1.29, 1.82) is 0 Å². The van der Waals surface area contributed by atoms with Crippen molar-refractivity contribution in [1.82, 2.24) is 0 Å². The number of nitrogens with one attached hydrogen (secondary N) is 1. The fraction of sp³-hybridized carbons (Fsp3) is 0.188. The van der Waals surface area contributed by atoms with Crippen LogP contribution in [0, 0.1) is 0 Å². The first-order chi connectivity index (χ1) is 10.8. The number of sulfone groups is 1. The lowest BCUT2D eigenvalue weighted by atomic mass is 10.1.